The Morgan fingerprint density at radius 3 is 2.62 bits per heavy atom. The summed E-state index contributed by atoms with van der Waals surface area (Å²) in [6, 6.07) is 11.4. The van der Waals surface area contributed by atoms with Crippen molar-refractivity contribution in [3.8, 4) is 5.75 Å². The Kier molecular flexibility index (Phi) is 3.05. The number of rotatable bonds is 3. The van der Waals surface area contributed by atoms with E-state index in [4.69, 9.17) is 4.74 Å². The first-order valence-corrected chi connectivity index (χ1v) is 5.11. The van der Waals surface area contributed by atoms with Gasteiger partial charge in [0.15, 0.2) is 12.4 Å². The van der Waals surface area contributed by atoms with Gasteiger partial charge in [-0.25, -0.2) is 0 Å². The molecular formula is C13H13NO2. The molecule has 0 aliphatic heterocycles. The van der Waals surface area contributed by atoms with Crippen LogP contribution in [0.15, 0.2) is 48.8 Å². The van der Waals surface area contributed by atoms with Crippen LogP contribution in [0.25, 0.3) is 0 Å². The minimum Gasteiger partial charge on any atom is -0.619 e. The summed E-state index contributed by atoms with van der Waals surface area (Å²) in [6.07, 6.45) is 2.96. The molecule has 2 aromatic rings. The molecule has 0 bridgehead atoms. The highest BCUT2D eigenvalue weighted by Gasteiger charge is 1.98. The van der Waals surface area contributed by atoms with Crippen LogP contribution in [-0.4, -0.2) is 0 Å². The Bertz CT molecular complexity index is 466. The summed E-state index contributed by atoms with van der Waals surface area (Å²) in [4.78, 5) is 0. The number of hydrogen-bond donors (Lipinski definition) is 0. The zero-order valence-electron chi connectivity index (χ0n) is 9.09. The molecule has 3 heteroatoms. The van der Waals surface area contributed by atoms with Crippen molar-refractivity contribution in [3.05, 3.63) is 65.1 Å². The standard InChI is InChI=1S/C13H13NO2/c1-11-4-6-13(7-5-11)16-10-12-3-2-8-14(15)9-12/h2-9H,10H2,1H3. The summed E-state index contributed by atoms with van der Waals surface area (Å²) in [6.45, 7) is 2.44. The van der Waals surface area contributed by atoms with Gasteiger partial charge in [0.25, 0.3) is 0 Å². The second-order valence-electron chi connectivity index (χ2n) is 3.67. The van der Waals surface area contributed by atoms with E-state index in [1.807, 2.05) is 37.3 Å². The molecule has 2 rings (SSSR count). The van der Waals surface area contributed by atoms with Crippen LogP contribution in [0.5, 0.6) is 5.75 Å². The smallest absolute Gasteiger partial charge is 0.186 e. The van der Waals surface area contributed by atoms with Gasteiger partial charge in [0.05, 0.1) is 5.56 Å². The molecule has 0 radical (unpaired) electrons. The number of ether oxygens (including phenoxy) is 1. The molecule has 16 heavy (non-hydrogen) atoms. The Morgan fingerprint density at radius 1 is 1.19 bits per heavy atom. The molecule has 0 aliphatic carbocycles. The second-order valence-corrected chi connectivity index (χ2v) is 3.67. The number of pyridine rings is 1. The van der Waals surface area contributed by atoms with E-state index in [1.54, 1.807) is 6.07 Å². The molecule has 3 nitrogen and oxygen atoms in total. The molecular weight excluding hydrogens is 202 g/mol. The highest BCUT2D eigenvalue weighted by molar-refractivity contribution is 5.26. The fourth-order valence-electron chi connectivity index (χ4n) is 1.39. The summed E-state index contributed by atoms with van der Waals surface area (Å²) in [7, 11) is 0. The maximum atomic E-state index is 11.0. The second kappa shape index (κ2) is 4.66. The predicted molar refractivity (Wildman–Crippen MR) is 60.9 cm³/mol. The van der Waals surface area contributed by atoms with Crippen molar-refractivity contribution in [3.63, 3.8) is 0 Å². The van der Waals surface area contributed by atoms with E-state index in [1.165, 1.54) is 18.0 Å². The summed E-state index contributed by atoms with van der Waals surface area (Å²) in [5, 5.41) is 11.0. The van der Waals surface area contributed by atoms with Gasteiger partial charge in [-0.05, 0) is 25.1 Å². The number of aryl methyl sites for hydroxylation is 1. The monoisotopic (exact) mass is 215 g/mol. The SMILES string of the molecule is Cc1ccc(OCc2ccc[n+]([O-])c2)cc1. The van der Waals surface area contributed by atoms with E-state index >= 15 is 0 Å². The van der Waals surface area contributed by atoms with Crippen molar-refractivity contribution in [1.82, 2.24) is 0 Å². The van der Waals surface area contributed by atoms with E-state index in [0.29, 0.717) is 6.61 Å². The minimum atomic E-state index is 0.409. The van der Waals surface area contributed by atoms with Gasteiger partial charge in [-0.2, -0.15) is 4.73 Å². The molecule has 0 amide bonds. The molecule has 0 saturated heterocycles. The van der Waals surface area contributed by atoms with E-state index in [2.05, 4.69) is 0 Å². The van der Waals surface area contributed by atoms with Crippen molar-refractivity contribution in [1.29, 1.82) is 0 Å². The van der Waals surface area contributed by atoms with Gasteiger partial charge < -0.3 is 9.94 Å². The number of aromatic nitrogens is 1. The zero-order valence-corrected chi connectivity index (χ0v) is 9.09. The third kappa shape index (κ3) is 2.73. The van der Waals surface area contributed by atoms with Gasteiger partial charge in [0.2, 0.25) is 0 Å². The first-order chi connectivity index (χ1) is 7.74. The fourth-order valence-corrected chi connectivity index (χ4v) is 1.39. The number of benzene rings is 1. The van der Waals surface area contributed by atoms with Crippen LogP contribution in [0.3, 0.4) is 0 Å². The molecule has 0 unspecified atom stereocenters. The summed E-state index contributed by atoms with van der Waals surface area (Å²) in [5.41, 5.74) is 2.06. The van der Waals surface area contributed by atoms with Crippen LogP contribution in [-0.2, 0) is 6.61 Å². The average Bonchev–Trinajstić information content (AvgIpc) is 2.28. The third-order valence-electron chi connectivity index (χ3n) is 2.26. The van der Waals surface area contributed by atoms with Crippen molar-refractivity contribution in [2.75, 3.05) is 0 Å². The molecule has 0 aliphatic rings. The van der Waals surface area contributed by atoms with Crippen molar-refractivity contribution in [2.24, 2.45) is 0 Å². The summed E-state index contributed by atoms with van der Waals surface area (Å²) >= 11 is 0. The first kappa shape index (κ1) is 10.5. The van der Waals surface area contributed by atoms with Crippen molar-refractivity contribution >= 4 is 0 Å². The number of hydrogen-bond acceptors (Lipinski definition) is 2. The van der Waals surface area contributed by atoms with Gasteiger partial charge in [-0.3, -0.25) is 0 Å². The Balaban J connectivity index is 1.99. The van der Waals surface area contributed by atoms with E-state index in [9.17, 15) is 5.21 Å². The predicted octanol–water partition coefficient (Wildman–Crippen LogP) is 2.21. The van der Waals surface area contributed by atoms with Gasteiger partial charge in [-0.1, -0.05) is 17.7 Å². The van der Waals surface area contributed by atoms with E-state index in [-0.39, 0.29) is 0 Å². The highest BCUT2D eigenvalue weighted by Crippen LogP contribution is 2.12. The molecule has 1 aromatic carbocycles. The molecule has 1 heterocycles. The van der Waals surface area contributed by atoms with Gasteiger partial charge in [0, 0.05) is 6.07 Å². The molecule has 0 N–H and O–H groups in total. The molecule has 0 fully saturated rings. The molecule has 1 aromatic heterocycles. The van der Waals surface area contributed by atoms with Gasteiger partial charge in [0.1, 0.15) is 12.4 Å². The molecule has 0 spiro atoms. The molecule has 82 valence electrons. The maximum absolute atomic E-state index is 11.0. The first-order valence-electron chi connectivity index (χ1n) is 5.11. The lowest BCUT2D eigenvalue weighted by molar-refractivity contribution is -0.606. The van der Waals surface area contributed by atoms with Crippen LogP contribution in [0.4, 0.5) is 0 Å². The van der Waals surface area contributed by atoms with Crippen molar-refractivity contribution < 1.29 is 9.47 Å². The Morgan fingerprint density at radius 2 is 1.94 bits per heavy atom. The van der Waals surface area contributed by atoms with Crippen LogP contribution in [0.2, 0.25) is 0 Å². The van der Waals surface area contributed by atoms with Crippen LogP contribution >= 0.6 is 0 Å². The van der Waals surface area contributed by atoms with Crippen molar-refractivity contribution in [2.45, 2.75) is 13.5 Å². The lowest BCUT2D eigenvalue weighted by Gasteiger charge is -2.05. The van der Waals surface area contributed by atoms with Gasteiger partial charge >= 0.3 is 0 Å². The quantitative estimate of drug-likeness (QED) is 0.581. The van der Waals surface area contributed by atoms with E-state index in [0.717, 1.165) is 16.0 Å². The Hall–Kier alpha value is -2.03. The third-order valence-corrected chi connectivity index (χ3v) is 2.26. The van der Waals surface area contributed by atoms with Gasteiger partial charge in [-0.15, -0.1) is 0 Å². The van der Waals surface area contributed by atoms with Crippen LogP contribution in [0, 0.1) is 12.1 Å². The minimum absolute atomic E-state index is 0.409. The maximum Gasteiger partial charge on any atom is 0.186 e. The zero-order chi connectivity index (χ0) is 11.4. The highest BCUT2D eigenvalue weighted by atomic mass is 16.5. The fraction of sp³-hybridized carbons (Fsp3) is 0.154. The topological polar surface area (TPSA) is 36.2 Å². The lowest BCUT2D eigenvalue weighted by Crippen LogP contribution is -2.25. The lowest BCUT2D eigenvalue weighted by atomic mass is 10.2. The van der Waals surface area contributed by atoms with Crippen LogP contribution < -0.4 is 9.47 Å². The Labute approximate surface area is 94.5 Å². The number of nitrogens with zero attached hydrogens (tertiary/aromatic N) is 1. The normalized spacial score (nSPS) is 10.1. The van der Waals surface area contributed by atoms with Crippen LogP contribution in [0.1, 0.15) is 11.1 Å². The molecule has 0 saturated carbocycles. The van der Waals surface area contributed by atoms with E-state index < -0.39 is 0 Å². The largest absolute Gasteiger partial charge is 0.619 e. The summed E-state index contributed by atoms with van der Waals surface area (Å²) < 4.78 is 6.32. The average molecular weight is 215 g/mol. The molecule has 0 atom stereocenters. The summed E-state index contributed by atoms with van der Waals surface area (Å²) in [5.74, 6) is 0.812.